The number of fused-ring (bicyclic) bond motifs is 1. The topological polar surface area (TPSA) is 104 Å². The Morgan fingerprint density at radius 3 is 2.46 bits per heavy atom. The molecule has 9 heteroatoms. The van der Waals surface area contributed by atoms with E-state index in [-0.39, 0.29) is 30.9 Å². The number of aliphatic hydroxyl groups excluding tert-OH is 1. The Morgan fingerprint density at radius 1 is 1.13 bits per heavy atom. The Kier molecular flexibility index (Phi) is 12.8. The normalized spacial score (nSPS) is 20.6. The summed E-state index contributed by atoms with van der Waals surface area (Å²) in [5.74, 6) is 2.03. The third-order valence-corrected chi connectivity index (χ3v) is 7.87. The number of hydrogen-bond donors (Lipinski definition) is 3. The van der Waals surface area contributed by atoms with Crippen LogP contribution in [0.2, 0.25) is 0 Å². The smallest absolute Gasteiger partial charge is 0.236 e. The van der Waals surface area contributed by atoms with E-state index in [4.69, 9.17) is 14.2 Å². The Bertz CT molecular complexity index is 874. The third kappa shape index (κ3) is 9.32. The minimum Gasteiger partial charge on any atom is -0.454 e. The van der Waals surface area contributed by atoms with Gasteiger partial charge in [-0.05, 0) is 56.2 Å². The Balaban J connectivity index is 1.61. The zero-order valence-electron chi connectivity index (χ0n) is 24.6. The van der Waals surface area contributed by atoms with E-state index in [1.165, 1.54) is 0 Å². The largest absolute Gasteiger partial charge is 0.454 e. The van der Waals surface area contributed by atoms with Crippen molar-refractivity contribution in [3.63, 3.8) is 0 Å². The number of carbonyl (C=O) groups is 1. The first-order chi connectivity index (χ1) is 18.7. The lowest BCUT2D eigenvalue weighted by Gasteiger charge is -2.37. The predicted octanol–water partition coefficient (Wildman–Crippen LogP) is 3.51. The van der Waals surface area contributed by atoms with Gasteiger partial charge in [-0.1, -0.05) is 46.6 Å². The number of ether oxygens (including phenoxy) is 3. The quantitative estimate of drug-likeness (QED) is 0.254. The second kappa shape index (κ2) is 15.8. The van der Waals surface area contributed by atoms with Gasteiger partial charge >= 0.3 is 0 Å². The molecule has 0 saturated carbocycles. The fourth-order valence-corrected chi connectivity index (χ4v) is 5.56. The number of carbonyl (C=O) groups excluding carboxylic acids is 1. The van der Waals surface area contributed by atoms with E-state index in [1.807, 2.05) is 23.1 Å². The van der Waals surface area contributed by atoms with Crippen molar-refractivity contribution in [3.05, 3.63) is 23.8 Å². The summed E-state index contributed by atoms with van der Waals surface area (Å²) in [5, 5.41) is 24.0. The number of benzene rings is 1. The van der Waals surface area contributed by atoms with Crippen LogP contribution in [-0.2, 0) is 16.1 Å². The van der Waals surface area contributed by atoms with Gasteiger partial charge in [0.1, 0.15) is 0 Å². The number of nitrogens with zero attached hydrogens (tertiary/aromatic N) is 2. The zero-order valence-corrected chi connectivity index (χ0v) is 24.6. The first kappa shape index (κ1) is 31.6. The van der Waals surface area contributed by atoms with E-state index in [2.05, 4.69) is 44.8 Å². The standard InChI is InChI=1S/C30H51N3O6/c1-6-8-12-32(13-9-7-2)29(34)17-31-25(14-21(3)4)22(5)33-18-24(16-26(33)30(35)36)37-19-23-10-11-27-28(15-23)39-20-38-27/h10-11,15,21-22,24-26,30-31,35-36H,6-9,12-14,16-20H2,1-5H3/t22?,24-,25?,26+/m1/s1. The first-order valence-corrected chi connectivity index (χ1v) is 14.9. The van der Waals surface area contributed by atoms with Gasteiger partial charge in [-0.2, -0.15) is 0 Å². The molecule has 1 fully saturated rings. The molecule has 2 aliphatic rings. The molecule has 0 radical (unpaired) electrons. The molecule has 4 atom stereocenters. The number of aliphatic hydroxyl groups is 2. The Labute approximate surface area is 234 Å². The van der Waals surface area contributed by atoms with Crippen LogP contribution in [0.15, 0.2) is 18.2 Å². The number of unbranched alkanes of at least 4 members (excludes halogenated alkanes) is 2. The van der Waals surface area contributed by atoms with Gasteiger partial charge in [-0.3, -0.25) is 9.69 Å². The molecule has 0 spiro atoms. The molecule has 3 rings (SSSR count). The highest BCUT2D eigenvalue weighted by molar-refractivity contribution is 5.78. The molecule has 2 heterocycles. The molecular weight excluding hydrogens is 498 g/mol. The van der Waals surface area contributed by atoms with E-state index in [0.29, 0.717) is 32.0 Å². The molecule has 0 aromatic heterocycles. The van der Waals surface area contributed by atoms with Crippen LogP contribution in [-0.4, -0.2) is 89.4 Å². The highest BCUT2D eigenvalue weighted by Gasteiger charge is 2.41. The average Bonchev–Trinajstić information content (AvgIpc) is 3.56. The summed E-state index contributed by atoms with van der Waals surface area (Å²) >= 11 is 0. The molecule has 1 aromatic carbocycles. The summed E-state index contributed by atoms with van der Waals surface area (Å²) in [6, 6.07) is 5.37. The fourth-order valence-electron chi connectivity index (χ4n) is 5.56. The molecule has 2 aliphatic heterocycles. The van der Waals surface area contributed by atoms with Crippen molar-refractivity contribution in [2.24, 2.45) is 5.92 Å². The number of likely N-dealkylation sites (tertiary alicyclic amines) is 1. The average molecular weight is 550 g/mol. The monoisotopic (exact) mass is 549 g/mol. The lowest BCUT2D eigenvalue weighted by Crippen LogP contribution is -2.55. The van der Waals surface area contributed by atoms with Crippen molar-refractivity contribution >= 4 is 5.91 Å². The number of rotatable bonds is 17. The van der Waals surface area contributed by atoms with Gasteiger partial charge in [-0.25, -0.2) is 0 Å². The van der Waals surface area contributed by atoms with Crippen LogP contribution < -0.4 is 14.8 Å². The predicted molar refractivity (Wildman–Crippen MR) is 152 cm³/mol. The summed E-state index contributed by atoms with van der Waals surface area (Å²) in [6.45, 7) is 13.9. The van der Waals surface area contributed by atoms with E-state index in [0.717, 1.165) is 62.3 Å². The van der Waals surface area contributed by atoms with Gasteiger partial charge < -0.3 is 34.6 Å². The maximum atomic E-state index is 13.1. The molecule has 1 amide bonds. The first-order valence-electron chi connectivity index (χ1n) is 14.9. The molecule has 1 saturated heterocycles. The highest BCUT2D eigenvalue weighted by atomic mass is 16.7. The molecule has 39 heavy (non-hydrogen) atoms. The summed E-state index contributed by atoms with van der Waals surface area (Å²) in [7, 11) is 0. The minimum absolute atomic E-state index is 0.00845. The van der Waals surface area contributed by atoms with Gasteiger partial charge in [0.25, 0.3) is 0 Å². The van der Waals surface area contributed by atoms with Crippen molar-refractivity contribution in [2.75, 3.05) is 33.0 Å². The minimum atomic E-state index is -1.47. The van der Waals surface area contributed by atoms with Gasteiger partial charge in [-0.15, -0.1) is 0 Å². The highest BCUT2D eigenvalue weighted by Crippen LogP contribution is 2.33. The maximum Gasteiger partial charge on any atom is 0.236 e. The van der Waals surface area contributed by atoms with Crippen LogP contribution in [0.1, 0.15) is 78.7 Å². The molecule has 0 bridgehead atoms. The van der Waals surface area contributed by atoms with Crippen molar-refractivity contribution < 1.29 is 29.2 Å². The van der Waals surface area contributed by atoms with E-state index in [1.54, 1.807) is 0 Å². The molecule has 2 unspecified atom stereocenters. The third-order valence-electron chi connectivity index (χ3n) is 7.87. The number of hydrogen-bond acceptors (Lipinski definition) is 8. The fraction of sp³-hybridized carbons (Fsp3) is 0.767. The summed E-state index contributed by atoms with van der Waals surface area (Å²) in [6.07, 6.45) is 3.96. The van der Waals surface area contributed by atoms with Crippen LogP contribution in [0.3, 0.4) is 0 Å². The molecule has 3 N–H and O–H groups in total. The van der Waals surface area contributed by atoms with Gasteiger partial charge in [0.05, 0.1) is 25.3 Å². The van der Waals surface area contributed by atoms with Crippen LogP contribution >= 0.6 is 0 Å². The second-order valence-corrected chi connectivity index (χ2v) is 11.5. The van der Waals surface area contributed by atoms with Crippen LogP contribution in [0.4, 0.5) is 0 Å². The van der Waals surface area contributed by atoms with Crippen LogP contribution in [0.25, 0.3) is 0 Å². The van der Waals surface area contributed by atoms with Gasteiger partial charge in [0.2, 0.25) is 12.7 Å². The van der Waals surface area contributed by atoms with Gasteiger partial charge in [0.15, 0.2) is 17.8 Å². The van der Waals surface area contributed by atoms with Gasteiger partial charge in [0, 0.05) is 31.7 Å². The van der Waals surface area contributed by atoms with Crippen LogP contribution in [0, 0.1) is 5.92 Å². The summed E-state index contributed by atoms with van der Waals surface area (Å²) in [4.78, 5) is 17.3. The molecule has 0 aliphatic carbocycles. The summed E-state index contributed by atoms with van der Waals surface area (Å²) < 4.78 is 17.1. The second-order valence-electron chi connectivity index (χ2n) is 11.5. The van der Waals surface area contributed by atoms with Crippen molar-refractivity contribution in [1.29, 1.82) is 0 Å². The van der Waals surface area contributed by atoms with Crippen LogP contribution in [0.5, 0.6) is 11.5 Å². The molecule has 222 valence electrons. The van der Waals surface area contributed by atoms with E-state index >= 15 is 0 Å². The van der Waals surface area contributed by atoms with Crippen molar-refractivity contribution in [1.82, 2.24) is 15.1 Å². The summed E-state index contributed by atoms with van der Waals surface area (Å²) in [5.41, 5.74) is 0.986. The van der Waals surface area contributed by atoms with E-state index in [9.17, 15) is 15.0 Å². The lowest BCUT2D eigenvalue weighted by atomic mass is 9.96. The number of nitrogens with one attached hydrogen (secondary N) is 1. The number of amides is 1. The Hall–Kier alpha value is -1.91. The van der Waals surface area contributed by atoms with Crippen molar-refractivity contribution in [3.8, 4) is 11.5 Å². The molecule has 1 aromatic rings. The van der Waals surface area contributed by atoms with E-state index < -0.39 is 12.3 Å². The van der Waals surface area contributed by atoms with Crippen molar-refractivity contribution in [2.45, 2.75) is 110 Å². The zero-order chi connectivity index (χ0) is 28.4. The maximum absolute atomic E-state index is 13.1. The lowest BCUT2D eigenvalue weighted by molar-refractivity contribution is -0.130. The SMILES string of the molecule is CCCCN(CCCC)C(=O)CNC(CC(C)C)C(C)N1C[C@H](OCc2ccc3c(c2)OCO3)C[C@H]1C(O)O. The molecule has 9 nitrogen and oxygen atoms in total. The molecular formula is C30H51N3O6. The Morgan fingerprint density at radius 2 is 1.82 bits per heavy atom.